The highest BCUT2D eigenvalue weighted by Crippen LogP contribution is 2.31. The third-order valence-corrected chi connectivity index (χ3v) is 5.33. The molecule has 2 aromatic heterocycles. The SMILES string of the molecule is CCc1cc2c(cc(C(=O)OC)n2Cc2c(F)cccc2Cl)s1. The quantitative estimate of drug-likeness (QED) is 0.626. The van der Waals surface area contributed by atoms with E-state index in [2.05, 4.69) is 6.92 Å². The summed E-state index contributed by atoms with van der Waals surface area (Å²) in [4.78, 5) is 13.3. The third-order valence-electron chi connectivity index (χ3n) is 3.76. The zero-order chi connectivity index (χ0) is 16.6. The minimum absolute atomic E-state index is 0.180. The predicted octanol–water partition coefficient (Wildman–Crippen LogP) is 4.89. The van der Waals surface area contributed by atoms with Gasteiger partial charge in [0, 0.05) is 15.5 Å². The Morgan fingerprint density at radius 1 is 1.39 bits per heavy atom. The number of esters is 1. The van der Waals surface area contributed by atoms with Gasteiger partial charge in [-0.1, -0.05) is 24.6 Å². The molecule has 3 nitrogen and oxygen atoms in total. The van der Waals surface area contributed by atoms with Crippen LogP contribution in [-0.2, 0) is 17.7 Å². The van der Waals surface area contributed by atoms with Crippen LogP contribution in [0.1, 0.15) is 27.9 Å². The molecule has 0 saturated heterocycles. The first-order chi connectivity index (χ1) is 11.0. The molecule has 1 aromatic carbocycles. The Kier molecular flexibility index (Phi) is 4.41. The maximum atomic E-state index is 14.1. The first-order valence-corrected chi connectivity index (χ1v) is 8.37. The smallest absolute Gasteiger partial charge is 0.354 e. The molecule has 2 heterocycles. The normalized spacial score (nSPS) is 11.1. The highest BCUT2D eigenvalue weighted by Gasteiger charge is 2.20. The number of aromatic nitrogens is 1. The Labute approximate surface area is 142 Å². The largest absolute Gasteiger partial charge is 0.464 e. The second-order valence-corrected chi connectivity index (χ2v) is 6.70. The van der Waals surface area contributed by atoms with Crippen LogP contribution in [0.15, 0.2) is 30.3 Å². The number of rotatable bonds is 4. The van der Waals surface area contributed by atoms with Crippen LogP contribution in [-0.4, -0.2) is 17.6 Å². The van der Waals surface area contributed by atoms with Crippen molar-refractivity contribution in [3.05, 3.63) is 57.3 Å². The molecule has 0 amide bonds. The Morgan fingerprint density at radius 2 is 2.17 bits per heavy atom. The van der Waals surface area contributed by atoms with Crippen molar-refractivity contribution in [3.63, 3.8) is 0 Å². The minimum atomic E-state index is -0.445. The molecule has 0 fully saturated rings. The maximum absolute atomic E-state index is 14.1. The Balaban J connectivity index is 2.17. The van der Waals surface area contributed by atoms with Gasteiger partial charge in [-0.3, -0.25) is 0 Å². The summed E-state index contributed by atoms with van der Waals surface area (Å²) in [6, 6.07) is 8.39. The lowest BCUT2D eigenvalue weighted by molar-refractivity contribution is 0.0589. The van der Waals surface area contributed by atoms with Crippen molar-refractivity contribution < 1.29 is 13.9 Å². The molecule has 0 aliphatic heterocycles. The van der Waals surface area contributed by atoms with Crippen LogP contribution in [0.4, 0.5) is 4.39 Å². The number of methoxy groups -OCH3 is 1. The van der Waals surface area contributed by atoms with Crippen molar-refractivity contribution in [1.29, 1.82) is 0 Å². The summed E-state index contributed by atoms with van der Waals surface area (Å²) in [5.74, 6) is -0.833. The number of thiophene rings is 1. The van der Waals surface area contributed by atoms with Gasteiger partial charge in [0.05, 0.1) is 23.9 Å². The van der Waals surface area contributed by atoms with E-state index < -0.39 is 5.97 Å². The van der Waals surface area contributed by atoms with Gasteiger partial charge in [-0.2, -0.15) is 0 Å². The van der Waals surface area contributed by atoms with Crippen molar-refractivity contribution >= 4 is 39.1 Å². The average Bonchev–Trinajstić information content (AvgIpc) is 3.08. The fraction of sp³-hybridized carbons (Fsp3) is 0.235. The van der Waals surface area contributed by atoms with Crippen molar-refractivity contribution in [3.8, 4) is 0 Å². The minimum Gasteiger partial charge on any atom is -0.464 e. The summed E-state index contributed by atoms with van der Waals surface area (Å²) in [5, 5.41) is 0.341. The average molecular weight is 352 g/mol. The number of hydrogen-bond donors (Lipinski definition) is 0. The zero-order valence-corrected chi connectivity index (χ0v) is 14.3. The molecule has 0 unspecified atom stereocenters. The first kappa shape index (κ1) is 16.0. The Bertz CT molecular complexity index is 864. The molecule has 120 valence electrons. The first-order valence-electron chi connectivity index (χ1n) is 7.18. The highest BCUT2D eigenvalue weighted by molar-refractivity contribution is 7.19. The summed E-state index contributed by atoms with van der Waals surface area (Å²) in [7, 11) is 1.33. The van der Waals surface area contributed by atoms with Crippen LogP contribution >= 0.6 is 22.9 Å². The van der Waals surface area contributed by atoms with Crippen molar-refractivity contribution in [2.45, 2.75) is 19.9 Å². The summed E-state index contributed by atoms with van der Waals surface area (Å²) in [6.45, 7) is 2.25. The number of fused-ring (bicyclic) bond motifs is 1. The van der Waals surface area contributed by atoms with Crippen molar-refractivity contribution in [2.24, 2.45) is 0 Å². The van der Waals surface area contributed by atoms with Crippen LogP contribution in [0.5, 0.6) is 0 Å². The predicted molar refractivity (Wildman–Crippen MR) is 91.0 cm³/mol. The molecular formula is C17H15ClFNO2S. The molecule has 0 N–H and O–H groups in total. The summed E-state index contributed by atoms with van der Waals surface area (Å²) < 4.78 is 21.7. The number of nitrogens with zero attached hydrogens (tertiary/aromatic N) is 1. The van der Waals surface area contributed by atoms with Gasteiger partial charge in [0.25, 0.3) is 0 Å². The van der Waals surface area contributed by atoms with Crippen LogP contribution in [0.2, 0.25) is 5.02 Å². The van der Waals surface area contributed by atoms with Gasteiger partial charge >= 0.3 is 5.97 Å². The van der Waals surface area contributed by atoms with Gasteiger partial charge < -0.3 is 9.30 Å². The van der Waals surface area contributed by atoms with E-state index in [1.165, 1.54) is 18.1 Å². The fourth-order valence-electron chi connectivity index (χ4n) is 2.55. The van der Waals surface area contributed by atoms with E-state index in [4.69, 9.17) is 16.3 Å². The molecule has 0 saturated carbocycles. The van der Waals surface area contributed by atoms with Gasteiger partial charge in [0.2, 0.25) is 0 Å². The van der Waals surface area contributed by atoms with E-state index in [9.17, 15) is 9.18 Å². The number of aryl methyl sites for hydroxylation is 1. The lowest BCUT2D eigenvalue weighted by Gasteiger charge is -2.11. The molecule has 3 aromatic rings. The van der Waals surface area contributed by atoms with E-state index in [1.807, 2.05) is 6.07 Å². The zero-order valence-electron chi connectivity index (χ0n) is 12.7. The monoisotopic (exact) mass is 351 g/mol. The number of halogens is 2. The molecule has 0 aliphatic carbocycles. The molecule has 6 heteroatoms. The van der Waals surface area contributed by atoms with Gasteiger partial charge in [-0.15, -0.1) is 11.3 Å². The molecule has 0 atom stereocenters. The molecule has 0 radical (unpaired) electrons. The number of ether oxygens (including phenoxy) is 1. The number of carbonyl (C=O) groups is 1. The third kappa shape index (κ3) is 2.86. The Hall–Kier alpha value is -1.85. The topological polar surface area (TPSA) is 31.2 Å². The van der Waals surface area contributed by atoms with E-state index in [0.29, 0.717) is 16.3 Å². The van der Waals surface area contributed by atoms with Crippen LogP contribution < -0.4 is 0 Å². The summed E-state index contributed by atoms with van der Waals surface area (Å²) in [5.41, 5.74) is 1.66. The van der Waals surface area contributed by atoms with E-state index in [-0.39, 0.29) is 12.4 Å². The molecule has 23 heavy (non-hydrogen) atoms. The van der Waals surface area contributed by atoms with Crippen LogP contribution in [0.3, 0.4) is 0 Å². The van der Waals surface area contributed by atoms with Gasteiger partial charge in [0.1, 0.15) is 11.5 Å². The second-order valence-electron chi connectivity index (χ2n) is 5.12. The maximum Gasteiger partial charge on any atom is 0.354 e. The lowest BCUT2D eigenvalue weighted by Crippen LogP contribution is -2.12. The summed E-state index contributed by atoms with van der Waals surface area (Å²) in [6.07, 6.45) is 0.910. The fourth-order valence-corrected chi connectivity index (χ4v) is 3.82. The Morgan fingerprint density at radius 3 is 2.83 bits per heavy atom. The summed E-state index contributed by atoms with van der Waals surface area (Å²) >= 11 is 7.75. The molecule has 0 spiro atoms. The molecular weight excluding hydrogens is 337 g/mol. The van der Waals surface area contributed by atoms with Crippen molar-refractivity contribution in [1.82, 2.24) is 4.57 Å². The van der Waals surface area contributed by atoms with E-state index in [1.54, 1.807) is 34.1 Å². The van der Waals surface area contributed by atoms with Crippen LogP contribution in [0.25, 0.3) is 10.2 Å². The standard InChI is InChI=1S/C17H15ClFNO2S/c1-3-10-7-14-16(23-10)8-15(17(21)22-2)20(14)9-11-12(18)5-4-6-13(11)19/h4-8H,3,9H2,1-2H3. The van der Waals surface area contributed by atoms with E-state index >= 15 is 0 Å². The number of benzene rings is 1. The number of carbonyl (C=O) groups excluding carboxylic acids is 1. The highest BCUT2D eigenvalue weighted by atomic mass is 35.5. The van der Waals surface area contributed by atoms with Gasteiger partial charge in [-0.05, 0) is 30.7 Å². The lowest BCUT2D eigenvalue weighted by atomic mass is 10.2. The molecule has 3 rings (SSSR count). The second kappa shape index (κ2) is 6.34. The van der Waals surface area contributed by atoms with E-state index in [0.717, 1.165) is 16.6 Å². The van der Waals surface area contributed by atoms with Gasteiger partial charge in [-0.25, -0.2) is 9.18 Å². The molecule has 0 bridgehead atoms. The van der Waals surface area contributed by atoms with Gasteiger partial charge in [0.15, 0.2) is 0 Å². The van der Waals surface area contributed by atoms with Crippen molar-refractivity contribution in [2.75, 3.05) is 7.11 Å². The number of hydrogen-bond acceptors (Lipinski definition) is 3. The van der Waals surface area contributed by atoms with Crippen LogP contribution in [0, 0.1) is 5.82 Å². The molecule has 0 aliphatic rings.